The number of rotatable bonds is 15. The zero-order valence-corrected chi connectivity index (χ0v) is 29.9. The third-order valence-corrected chi connectivity index (χ3v) is 12.3. The second kappa shape index (κ2) is 13.3. The highest BCUT2D eigenvalue weighted by Crippen LogP contribution is 2.59. The molecule has 0 aromatic heterocycles. The lowest BCUT2D eigenvalue weighted by Crippen LogP contribution is -2.59. The number of methoxy groups -OCH3 is 2. The molecule has 246 valence electrons. The van der Waals surface area contributed by atoms with E-state index in [2.05, 4.69) is 91.8 Å². The van der Waals surface area contributed by atoms with Gasteiger partial charge < -0.3 is 32.9 Å². The summed E-state index contributed by atoms with van der Waals surface area (Å²) in [6.45, 7) is 20.8. The van der Waals surface area contributed by atoms with Crippen molar-refractivity contribution < 1.29 is 32.9 Å². The summed E-state index contributed by atoms with van der Waals surface area (Å²) in [5.74, 6) is 0. The number of fused-ring (bicyclic) bond motifs is 3. The molecule has 2 aliphatic heterocycles. The molecule has 0 unspecified atom stereocenters. The van der Waals surface area contributed by atoms with Gasteiger partial charge in [0.05, 0.1) is 37.6 Å². The van der Waals surface area contributed by atoms with E-state index < -0.39 is 18.3 Å². The van der Waals surface area contributed by atoms with Gasteiger partial charge in [0, 0.05) is 43.8 Å². The van der Waals surface area contributed by atoms with E-state index in [0.29, 0.717) is 39.6 Å². The van der Waals surface area contributed by atoms with Crippen LogP contribution in [0, 0.1) is 0 Å². The minimum absolute atomic E-state index is 0.0544. The molecule has 2 heterocycles. The van der Waals surface area contributed by atoms with Crippen LogP contribution >= 0.6 is 11.6 Å². The third kappa shape index (κ3) is 6.56. The molecule has 0 amide bonds. The molecule has 2 aromatic rings. The molecule has 0 radical (unpaired) electrons. The summed E-state index contributed by atoms with van der Waals surface area (Å²) < 4.78 is 42.2. The lowest BCUT2D eigenvalue weighted by atomic mass is 9.49. The second-order valence-electron chi connectivity index (χ2n) is 14.7. The van der Waals surface area contributed by atoms with Gasteiger partial charge in [0.1, 0.15) is 0 Å². The summed E-state index contributed by atoms with van der Waals surface area (Å²) in [6.07, 6.45) is 1.71. The molecule has 3 aliphatic rings. The molecule has 0 bridgehead atoms. The normalized spacial score (nSPS) is 21.5. The van der Waals surface area contributed by atoms with Gasteiger partial charge in [-0.2, -0.15) is 0 Å². The first kappa shape index (κ1) is 35.0. The largest absolute Gasteiger partial charge is 0.494 e. The van der Waals surface area contributed by atoms with Crippen molar-refractivity contribution in [3.8, 4) is 11.1 Å². The van der Waals surface area contributed by atoms with E-state index in [0.717, 1.165) is 18.3 Å². The lowest BCUT2D eigenvalue weighted by Gasteiger charge is -2.56. The average Bonchev–Trinajstić information content (AvgIpc) is 3.37. The maximum absolute atomic E-state index is 6.51. The van der Waals surface area contributed by atoms with Crippen LogP contribution in [-0.2, 0) is 38.3 Å². The first-order valence-electron chi connectivity index (χ1n) is 16.3. The Morgan fingerprint density at radius 3 is 1.67 bits per heavy atom. The molecule has 10 heteroatoms. The molecule has 5 rings (SSSR count). The van der Waals surface area contributed by atoms with Crippen molar-refractivity contribution in [1.29, 1.82) is 0 Å². The molecule has 2 fully saturated rings. The smallest absolute Gasteiger partial charge is 0.420 e. The Morgan fingerprint density at radius 2 is 1.16 bits per heavy atom. The van der Waals surface area contributed by atoms with Gasteiger partial charge in [-0.05, 0) is 99.1 Å². The van der Waals surface area contributed by atoms with Crippen molar-refractivity contribution in [3.05, 3.63) is 47.5 Å². The quantitative estimate of drug-likeness (QED) is 0.161. The summed E-state index contributed by atoms with van der Waals surface area (Å²) in [4.78, 5) is 1.21. The van der Waals surface area contributed by atoms with Gasteiger partial charge in [-0.1, -0.05) is 38.1 Å². The molecule has 2 saturated heterocycles. The van der Waals surface area contributed by atoms with Crippen LogP contribution in [-0.4, -0.2) is 84.0 Å². The molecule has 0 saturated carbocycles. The highest BCUT2D eigenvalue weighted by molar-refractivity contribution is 8.25. The predicted molar refractivity (Wildman–Crippen MR) is 184 cm³/mol. The maximum atomic E-state index is 6.51. The monoisotopic (exact) mass is 638 g/mol. The Bertz CT molecular complexity index is 1320. The van der Waals surface area contributed by atoms with E-state index >= 15 is 0 Å². The van der Waals surface area contributed by atoms with Crippen molar-refractivity contribution in [2.45, 2.75) is 101 Å². The van der Waals surface area contributed by atoms with E-state index in [1.54, 1.807) is 14.2 Å². The van der Waals surface area contributed by atoms with Crippen LogP contribution in [0.2, 0.25) is 5.31 Å². The molecular formula is C35H52B2O7S. The van der Waals surface area contributed by atoms with Crippen LogP contribution in [0.25, 0.3) is 11.1 Å². The van der Waals surface area contributed by atoms with Gasteiger partial charge in [-0.15, -0.1) is 11.6 Å². The number of hydrogen-bond acceptors (Lipinski definition) is 8. The van der Waals surface area contributed by atoms with Gasteiger partial charge in [0.15, 0.2) is 0 Å². The molecule has 0 atom stereocenters. The number of hydrogen-bond donors (Lipinski definition) is 0. The van der Waals surface area contributed by atoms with Gasteiger partial charge in [-0.25, -0.2) is 0 Å². The van der Waals surface area contributed by atoms with E-state index in [1.807, 2.05) is 11.6 Å². The van der Waals surface area contributed by atoms with Crippen LogP contribution in [0.5, 0.6) is 0 Å². The maximum Gasteiger partial charge on any atom is 0.494 e. The van der Waals surface area contributed by atoms with Gasteiger partial charge in [-0.3, -0.25) is 0 Å². The molecule has 45 heavy (non-hydrogen) atoms. The van der Waals surface area contributed by atoms with Crippen molar-refractivity contribution in [1.82, 2.24) is 0 Å². The van der Waals surface area contributed by atoms with Crippen LogP contribution in [0.1, 0.15) is 79.4 Å². The van der Waals surface area contributed by atoms with Crippen molar-refractivity contribution >= 4 is 30.4 Å². The highest BCUT2D eigenvalue weighted by Gasteiger charge is 2.59. The van der Waals surface area contributed by atoms with E-state index in [9.17, 15) is 0 Å². The summed E-state index contributed by atoms with van der Waals surface area (Å²) >= 11 is 1.82. The zero-order chi connectivity index (χ0) is 32.7. The Hall–Kier alpha value is -1.36. The molecule has 0 N–H and O–H groups in total. The standard InChI is InChI=1S/C35H52B2O7S/c1-31(2)32(3,4)44-37(31)45-26-12-14-28-27-13-11-25(36-42-33(5,6)34(7,8)43-36)23-29(27)35(30(28)24-26,15-17-40-21-19-38-9)16-18-41-22-20-39-10/h11-14,23-24H,15-22H2,1-10H3. The third-order valence-electron chi connectivity index (χ3n) is 10.9. The van der Waals surface area contributed by atoms with Crippen LogP contribution < -0.4 is 5.46 Å². The van der Waals surface area contributed by atoms with Gasteiger partial charge >= 0.3 is 13.3 Å². The molecule has 7 nitrogen and oxygen atoms in total. The lowest BCUT2D eigenvalue weighted by molar-refractivity contribution is -0.00482. The topological polar surface area (TPSA) is 64.6 Å². The van der Waals surface area contributed by atoms with Gasteiger partial charge in [0.2, 0.25) is 0 Å². The fraction of sp³-hybridized carbons (Fsp3) is 0.657. The fourth-order valence-corrected chi connectivity index (χ4v) is 7.87. The van der Waals surface area contributed by atoms with Crippen LogP contribution in [0.4, 0.5) is 0 Å². The first-order valence-corrected chi connectivity index (χ1v) is 17.2. The molecule has 0 spiro atoms. The highest BCUT2D eigenvalue weighted by atomic mass is 32.2. The number of ether oxygens (including phenoxy) is 4. The number of benzene rings is 2. The van der Waals surface area contributed by atoms with E-state index in [4.69, 9.17) is 32.9 Å². The second-order valence-corrected chi connectivity index (χ2v) is 15.8. The summed E-state index contributed by atoms with van der Waals surface area (Å²) in [6, 6.07) is 13.7. The Kier molecular flexibility index (Phi) is 10.3. The zero-order valence-electron chi connectivity index (χ0n) is 29.0. The minimum atomic E-state index is -0.440. The van der Waals surface area contributed by atoms with E-state index in [-0.39, 0.29) is 22.5 Å². The van der Waals surface area contributed by atoms with Crippen LogP contribution in [0.3, 0.4) is 0 Å². The van der Waals surface area contributed by atoms with Crippen molar-refractivity contribution in [2.24, 2.45) is 0 Å². The Balaban J connectivity index is 1.54. The average molecular weight is 638 g/mol. The summed E-state index contributed by atoms with van der Waals surface area (Å²) in [5.41, 5.74) is 4.83. The van der Waals surface area contributed by atoms with Gasteiger partial charge in [0.25, 0.3) is 0 Å². The Morgan fingerprint density at radius 1 is 0.622 bits per heavy atom. The van der Waals surface area contributed by atoms with E-state index in [1.165, 1.54) is 27.1 Å². The molecule has 1 aliphatic carbocycles. The molecule has 2 aromatic carbocycles. The first-order chi connectivity index (χ1) is 21.2. The van der Waals surface area contributed by atoms with Crippen LogP contribution in [0.15, 0.2) is 41.3 Å². The fourth-order valence-electron chi connectivity index (χ4n) is 6.42. The summed E-state index contributed by atoms with van der Waals surface area (Å²) in [7, 11) is 2.97. The van der Waals surface area contributed by atoms with Crippen molar-refractivity contribution in [3.63, 3.8) is 0 Å². The van der Waals surface area contributed by atoms with Crippen molar-refractivity contribution in [2.75, 3.05) is 53.9 Å². The predicted octanol–water partition coefficient (Wildman–Crippen LogP) is 6.53. The summed E-state index contributed by atoms with van der Waals surface area (Å²) in [5, 5.41) is 0.0544. The minimum Gasteiger partial charge on any atom is -0.420 e. The Labute approximate surface area is 275 Å². The molecular weight excluding hydrogens is 586 g/mol. The SMILES string of the molecule is COCCOCCC1(CCOCCOC)c2cc(SB3OC(C)(C)C3(C)C)ccc2-c2ccc(B3OC(C)(C)C(C)(C)O3)cc21.